The second kappa shape index (κ2) is 2.72. The third-order valence-electron chi connectivity index (χ3n) is 2.82. The average Bonchev–Trinajstić information content (AvgIpc) is 1.95. The molecule has 0 saturated carbocycles. The SMILES string of the molecule is CC1(C2OCC2CC#N)COC1. The first-order valence-corrected chi connectivity index (χ1v) is 4.32. The largest absolute Gasteiger partial charge is 0.380 e. The maximum absolute atomic E-state index is 8.54. The van der Waals surface area contributed by atoms with Crippen molar-refractivity contribution < 1.29 is 9.47 Å². The molecular formula is C9H13NO2. The number of rotatable bonds is 2. The lowest BCUT2D eigenvalue weighted by atomic mass is 9.73. The molecule has 0 radical (unpaired) electrons. The maximum atomic E-state index is 8.54. The van der Waals surface area contributed by atoms with E-state index in [2.05, 4.69) is 13.0 Å². The van der Waals surface area contributed by atoms with E-state index < -0.39 is 0 Å². The molecule has 2 atom stereocenters. The predicted molar refractivity (Wildman–Crippen MR) is 42.4 cm³/mol. The number of hydrogen-bond donors (Lipinski definition) is 0. The number of hydrogen-bond acceptors (Lipinski definition) is 3. The Labute approximate surface area is 72.3 Å². The molecule has 66 valence electrons. The lowest BCUT2D eigenvalue weighted by Gasteiger charge is -2.51. The van der Waals surface area contributed by atoms with Crippen LogP contribution in [0.2, 0.25) is 0 Å². The summed E-state index contributed by atoms with van der Waals surface area (Å²) in [5.74, 6) is 0.448. The van der Waals surface area contributed by atoms with Crippen molar-refractivity contribution >= 4 is 0 Å². The van der Waals surface area contributed by atoms with E-state index >= 15 is 0 Å². The normalized spacial score (nSPS) is 37.7. The van der Waals surface area contributed by atoms with Crippen molar-refractivity contribution in [3.63, 3.8) is 0 Å². The van der Waals surface area contributed by atoms with Crippen LogP contribution in [0.5, 0.6) is 0 Å². The van der Waals surface area contributed by atoms with E-state index in [9.17, 15) is 0 Å². The van der Waals surface area contributed by atoms with E-state index in [1.54, 1.807) is 0 Å². The van der Waals surface area contributed by atoms with Gasteiger partial charge in [0.25, 0.3) is 0 Å². The number of nitriles is 1. The van der Waals surface area contributed by atoms with Gasteiger partial charge in [-0.25, -0.2) is 0 Å². The zero-order chi connectivity index (χ0) is 8.60. The minimum atomic E-state index is 0.194. The van der Waals surface area contributed by atoms with Gasteiger partial charge in [-0.05, 0) is 0 Å². The summed E-state index contributed by atoms with van der Waals surface area (Å²) < 4.78 is 10.6. The van der Waals surface area contributed by atoms with Gasteiger partial charge in [0.15, 0.2) is 0 Å². The lowest BCUT2D eigenvalue weighted by molar-refractivity contribution is -0.247. The first-order valence-electron chi connectivity index (χ1n) is 4.32. The summed E-state index contributed by atoms with van der Waals surface area (Å²) >= 11 is 0. The molecule has 0 amide bonds. The van der Waals surface area contributed by atoms with Gasteiger partial charge < -0.3 is 9.47 Å². The van der Waals surface area contributed by atoms with Gasteiger partial charge in [0.05, 0.1) is 32.0 Å². The summed E-state index contributed by atoms with van der Waals surface area (Å²) in [5.41, 5.74) is 0.194. The van der Waals surface area contributed by atoms with Crippen molar-refractivity contribution in [1.29, 1.82) is 5.26 Å². The molecule has 2 saturated heterocycles. The molecule has 2 heterocycles. The Morgan fingerprint density at radius 1 is 1.58 bits per heavy atom. The molecule has 0 aromatic carbocycles. The Morgan fingerprint density at radius 2 is 2.33 bits per heavy atom. The van der Waals surface area contributed by atoms with Crippen LogP contribution in [0.3, 0.4) is 0 Å². The Balaban J connectivity index is 1.93. The standard InChI is InChI=1S/C9H13NO2/c1-9(5-11-6-9)8-7(2-3-10)4-12-8/h7-8H,2,4-6H2,1H3. The zero-order valence-corrected chi connectivity index (χ0v) is 7.25. The van der Waals surface area contributed by atoms with Crippen LogP contribution in [0.1, 0.15) is 13.3 Å². The lowest BCUT2D eigenvalue weighted by Crippen LogP contribution is -2.59. The van der Waals surface area contributed by atoms with Gasteiger partial charge in [0, 0.05) is 17.8 Å². The molecule has 2 aliphatic rings. The summed E-state index contributed by atoms with van der Waals surface area (Å²) in [5, 5.41) is 8.54. The molecule has 2 aliphatic heterocycles. The highest BCUT2D eigenvalue weighted by Crippen LogP contribution is 2.42. The molecular weight excluding hydrogens is 154 g/mol. The van der Waals surface area contributed by atoms with E-state index in [4.69, 9.17) is 14.7 Å². The highest BCUT2D eigenvalue weighted by atomic mass is 16.5. The summed E-state index contributed by atoms with van der Waals surface area (Å²) in [6, 6.07) is 2.20. The van der Waals surface area contributed by atoms with Crippen LogP contribution in [0.15, 0.2) is 0 Å². The van der Waals surface area contributed by atoms with E-state index in [0.29, 0.717) is 12.3 Å². The highest BCUT2D eigenvalue weighted by Gasteiger charge is 2.50. The molecule has 3 nitrogen and oxygen atoms in total. The van der Waals surface area contributed by atoms with Crippen LogP contribution in [0, 0.1) is 22.7 Å². The van der Waals surface area contributed by atoms with Crippen molar-refractivity contribution in [1.82, 2.24) is 0 Å². The van der Waals surface area contributed by atoms with E-state index in [-0.39, 0.29) is 11.5 Å². The fourth-order valence-corrected chi connectivity index (χ4v) is 1.97. The maximum Gasteiger partial charge on any atom is 0.0733 e. The van der Waals surface area contributed by atoms with Crippen LogP contribution < -0.4 is 0 Å². The number of ether oxygens (including phenoxy) is 2. The molecule has 2 fully saturated rings. The van der Waals surface area contributed by atoms with Gasteiger partial charge in [0.1, 0.15) is 0 Å². The molecule has 0 aromatic rings. The summed E-state index contributed by atoms with van der Waals surface area (Å²) in [4.78, 5) is 0. The van der Waals surface area contributed by atoms with Crippen molar-refractivity contribution in [2.75, 3.05) is 19.8 Å². The topological polar surface area (TPSA) is 42.2 Å². The first-order chi connectivity index (χ1) is 5.76. The Morgan fingerprint density at radius 3 is 2.67 bits per heavy atom. The van der Waals surface area contributed by atoms with Gasteiger partial charge in [-0.2, -0.15) is 5.26 Å². The van der Waals surface area contributed by atoms with Gasteiger partial charge in [0.2, 0.25) is 0 Å². The predicted octanol–water partition coefficient (Wildman–Crippen LogP) is 0.952. The van der Waals surface area contributed by atoms with Crippen LogP contribution >= 0.6 is 0 Å². The highest BCUT2D eigenvalue weighted by molar-refractivity contribution is 4.99. The molecule has 3 heteroatoms. The van der Waals surface area contributed by atoms with Crippen LogP contribution in [0.4, 0.5) is 0 Å². The van der Waals surface area contributed by atoms with Gasteiger partial charge >= 0.3 is 0 Å². The van der Waals surface area contributed by atoms with Gasteiger partial charge in [-0.1, -0.05) is 6.92 Å². The molecule has 2 rings (SSSR count). The summed E-state index contributed by atoms with van der Waals surface area (Å²) in [7, 11) is 0. The monoisotopic (exact) mass is 167 g/mol. The summed E-state index contributed by atoms with van der Waals surface area (Å²) in [6.45, 7) is 4.51. The third kappa shape index (κ3) is 1.03. The van der Waals surface area contributed by atoms with E-state index in [1.807, 2.05) is 0 Å². The second-order valence-electron chi connectivity index (χ2n) is 4.02. The Bertz CT molecular complexity index is 217. The van der Waals surface area contributed by atoms with Crippen LogP contribution in [-0.4, -0.2) is 25.9 Å². The fraction of sp³-hybridized carbons (Fsp3) is 0.889. The van der Waals surface area contributed by atoms with Crippen molar-refractivity contribution in [2.45, 2.75) is 19.4 Å². The average molecular weight is 167 g/mol. The minimum absolute atomic E-state index is 0.194. The molecule has 0 N–H and O–H groups in total. The van der Waals surface area contributed by atoms with E-state index in [0.717, 1.165) is 19.8 Å². The molecule has 0 aromatic heterocycles. The van der Waals surface area contributed by atoms with Gasteiger partial charge in [-0.3, -0.25) is 0 Å². The van der Waals surface area contributed by atoms with E-state index in [1.165, 1.54) is 0 Å². The van der Waals surface area contributed by atoms with Crippen LogP contribution in [-0.2, 0) is 9.47 Å². The Kier molecular flexibility index (Phi) is 1.82. The second-order valence-corrected chi connectivity index (χ2v) is 4.02. The van der Waals surface area contributed by atoms with Crippen molar-refractivity contribution in [2.24, 2.45) is 11.3 Å². The molecule has 0 aliphatic carbocycles. The zero-order valence-electron chi connectivity index (χ0n) is 7.25. The van der Waals surface area contributed by atoms with Gasteiger partial charge in [-0.15, -0.1) is 0 Å². The molecule has 0 spiro atoms. The Hall–Kier alpha value is -0.590. The minimum Gasteiger partial charge on any atom is -0.380 e. The number of nitrogens with zero attached hydrogens (tertiary/aromatic N) is 1. The molecule has 0 bridgehead atoms. The van der Waals surface area contributed by atoms with Crippen molar-refractivity contribution in [3.05, 3.63) is 0 Å². The fourth-order valence-electron chi connectivity index (χ4n) is 1.97. The van der Waals surface area contributed by atoms with Crippen LogP contribution in [0.25, 0.3) is 0 Å². The van der Waals surface area contributed by atoms with Crippen molar-refractivity contribution in [3.8, 4) is 6.07 Å². The summed E-state index contributed by atoms with van der Waals surface area (Å²) in [6.07, 6.45) is 0.895. The molecule has 12 heavy (non-hydrogen) atoms. The smallest absolute Gasteiger partial charge is 0.0733 e. The first kappa shape index (κ1) is 8.03. The quantitative estimate of drug-likeness (QED) is 0.615. The molecule has 2 unspecified atom stereocenters. The third-order valence-corrected chi connectivity index (χ3v) is 2.82.